The van der Waals surface area contributed by atoms with E-state index in [0.29, 0.717) is 4.47 Å². The van der Waals surface area contributed by atoms with Crippen molar-refractivity contribution in [3.63, 3.8) is 0 Å². The number of carbonyl (C=O) groups excluding carboxylic acids is 3. The monoisotopic (exact) mass is 341 g/mol. The number of non-ortho nitro benzene ring substituents is 1. The van der Waals surface area contributed by atoms with Gasteiger partial charge in [0.25, 0.3) is 11.6 Å². The van der Waals surface area contributed by atoms with E-state index in [1.54, 1.807) is 0 Å². The molecule has 0 aliphatic carbocycles. The second kappa shape index (κ2) is 5.37. The number of rotatable bonds is 2. The lowest BCUT2D eigenvalue weighted by Crippen LogP contribution is -2.53. The summed E-state index contributed by atoms with van der Waals surface area (Å²) in [6, 6.07) is 3.75. The van der Waals surface area contributed by atoms with Crippen LogP contribution in [0.2, 0.25) is 0 Å². The van der Waals surface area contributed by atoms with Crippen molar-refractivity contribution in [2.75, 3.05) is 13.1 Å². The van der Waals surface area contributed by atoms with Crippen LogP contribution < -0.4 is 5.32 Å². The van der Waals surface area contributed by atoms with Gasteiger partial charge in [-0.15, -0.1) is 0 Å². The van der Waals surface area contributed by atoms with Crippen LogP contribution in [0.4, 0.5) is 5.69 Å². The molecule has 104 valence electrons. The van der Waals surface area contributed by atoms with Gasteiger partial charge in [0.1, 0.15) is 13.1 Å². The molecule has 1 heterocycles. The second-order valence-corrected chi connectivity index (χ2v) is 5.00. The zero-order valence-corrected chi connectivity index (χ0v) is 11.5. The molecular weight excluding hydrogens is 334 g/mol. The Hall–Kier alpha value is -2.29. The lowest BCUT2D eigenvalue weighted by Gasteiger charge is -2.25. The molecule has 1 fully saturated rings. The van der Waals surface area contributed by atoms with E-state index in [4.69, 9.17) is 0 Å². The summed E-state index contributed by atoms with van der Waals surface area (Å²) in [5, 5.41) is 12.8. The number of carbonyl (C=O) groups is 3. The summed E-state index contributed by atoms with van der Waals surface area (Å²) in [6.45, 7) is -0.518. The van der Waals surface area contributed by atoms with Crippen LogP contribution in [-0.2, 0) is 9.59 Å². The second-order valence-electron chi connectivity index (χ2n) is 4.09. The van der Waals surface area contributed by atoms with E-state index in [1.807, 2.05) is 0 Å². The van der Waals surface area contributed by atoms with Gasteiger partial charge in [-0.2, -0.15) is 0 Å². The van der Waals surface area contributed by atoms with Crippen molar-refractivity contribution < 1.29 is 19.3 Å². The number of nitrogens with zero attached hydrogens (tertiary/aromatic N) is 2. The van der Waals surface area contributed by atoms with Crippen molar-refractivity contribution in [3.05, 3.63) is 38.3 Å². The Kier molecular flexibility index (Phi) is 3.79. The summed E-state index contributed by atoms with van der Waals surface area (Å²) in [5.41, 5.74) is -0.218. The molecule has 0 saturated carbocycles. The third-order valence-electron chi connectivity index (χ3n) is 2.58. The first kappa shape index (κ1) is 14.1. The molecule has 8 nitrogen and oxygen atoms in total. The molecule has 0 unspecified atom stereocenters. The topological polar surface area (TPSA) is 110 Å². The van der Waals surface area contributed by atoms with Crippen molar-refractivity contribution in [2.45, 2.75) is 0 Å². The Bertz CT molecular complexity index is 614. The Morgan fingerprint density at radius 1 is 1.25 bits per heavy atom. The van der Waals surface area contributed by atoms with Gasteiger partial charge in [-0.1, -0.05) is 15.9 Å². The summed E-state index contributed by atoms with van der Waals surface area (Å²) >= 11 is 3.08. The van der Waals surface area contributed by atoms with Gasteiger partial charge in [0.05, 0.1) is 4.92 Å². The SMILES string of the molecule is O=C1CN(C(=O)c2cc(Br)cc([N+](=O)[O-])c2)CC(=O)N1. The number of nitrogens with one attached hydrogen (secondary N) is 1. The van der Waals surface area contributed by atoms with Crippen molar-refractivity contribution in [1.82, 2.24) is 10.2 Å². The number of hydrogen-bond donors (Lipinski definition) is 1. The fourth-order valence-corrected chi connectivity index (χ4v) is 2.25. The molecule has 3 amide bonds. The van der Waals surface area contributed by atoms with Crippen LogP contribution in [0.5, 0.6) is 0 Å². The molecule has 2 rings (SSSR count). The molecule has 0 aromatic heterocycles. The number of amides is 3. The first-order valence-corrected chi connectivity index (χ1v) is 6.23. The van der Waals surface area contributed by atoms with E-state index >= 15 is 0 Å². The molecule has 1 N–H and O–H groups in total. The third-order valence-corrected chi connectivity index (χ3v) is 3.03. The first-order chi connectivity index (χ1) is 9.36. The first-order valence-electron chi connectivity index (χ1n) is 5.44. The quantitative estimate of drug-likeness (QED) is 0.477. The van der Waals surface area contributed by atoms with Gasteiger partial charge in [-0.25, -0.2) is 0 Å². The number of hydrogen-bond acceptors (Lipinski definition) is 5. The largest absolute Gasteiger partial charge is 0.320 e. The highest BCUT2D eigenvalue weighted by Gasteiger charge is 2.28. The van der Waals surface area contributed by atoms with Crippen LogP contribution in [0.1, 0.15) is 10.4 Å². The number of imide groups is 1. The minimum Gasteiger partial charge on any atom is -0.320 e. The summed E-state index contributed by atoms with van der Waals surface area (Å²) in [4.78, 5) is 45.8. The van der Waals surface area contributed by atoms with Gasteiger partial charge in [0, 0.05) is 22.2 Å². The molecule has 1 aliphatic rings. The molecule has 1 aromatic rings. The number of nitro groups is 1. The molecule has 1 aromatic carbocycles. The van der Waals surface area contributed by atoms with Gasteiger partial charge >= 0.3 is 0 Å². The predicted molar refractivity (Wildman–Crippen MR) is 69.8 cm³/mol. The highest BCUT2D eigenvalue weighted by molar-refractivity contribution is 9.10. The Balaban J connectivity index is 2.31. The summed E-state index contributed by atoms with van der Waals surface area (Å²) in [5.74, 6) is -1.78. The van der Waals surface area contributed by atoms with Gasteiger partial charge < -0.3 is 4.90 Å². The van der Waals surface area contributed by atoms with E-state index in [1.165, 1.54) is 12.1 Å². The van der Waals surface area contributed by atoms with E-state index < -0.39 is 22.6 Å². The average Bonchev–Trinajstić information content (AvgIpc) is 2.35. The predicted octanol–water partition coefficient (Wildman–Crippen LogP) is 0.456. The highest BCUT2D eigenvalue weighted by Crippen LogP contribution is 2.22. The van der Waals surface area contributed by atoms with Crippen LogP contribution in [0.3, 0.4) is 0 Å². The van der Waals surface area contributed by atoms with Crippen molar-refractivity contribution in [1.29, 1.82) is 0 Å². The fourth-order valence-electron chi connectivity index (χ4n) is 1.77. The van der Waals surface area contributed by atoms with Crippen molar-refractivity contribution in [2.24, 2.45) is 0 Å². The molecule has 20 heavy (non-hydrogen) atoms. The Morgan fingerprint density at radius 3 is 2.40 bits per heavy atom. The maximum atomic E-state index is 12.2. The smallest absolute Gasteiger partial charge is 0.271 e. The number of nitro benzene ring substituents is 1. The van der Waals surface area contributed by atoms with Gasteiger partial charge in [-0.05, 0) is 6.07 Å². The number of benzene rings is 1. The molecule has 0 spiro atoms. The lowest BCUT2D eigenvalue weighted by molar-refractivity contribution is -0.385. The van der Waals surface area contributed by atoms with Gasteiger partial charge in [-0.3, -0.25) is 29.8 Å². The standard InChI is InChI=1S/C11H8BrN3O5/c12-7-1-6(2-8(3-7)15(19)20)11(18)14-4-9(16)13-10(17)5-14/h1-3H,4-5H2,(H,13,16,17). The van der Waals surface area contributed by atoms with Crippen molar-refractivity contribution in [3.8, 4) is 0 Å². The Labute approximate surface area is 121 Å². The van der Waals surface area contributed by atoms with E-state index in [2.05, 4.69) is 21.2 Å². The van der Waals surface area contributed by atoms with Crippen LogP contribution >= 0.6 is 15.9 Å². The lowest BCUT2D eigenvalue weighted by atomic mass is 10.1. The number of halogens is 1. The minimum atomic E-state index is -0.629. The average molecular weight is 342 g/mol. The fraction of sp³-hybridized carbons (Fsp3) is 0.182. The van der Waals surface area contributed by atoms with Crippen LogP contribution in [0.15, 0.2) is 22.7 Å². The Morgan fingerprint density at radius 2 is 1.85 bits per heavy atom. The molecule has 1 saturated heterocycles. The maximum absolute atomic E-state index is 12.2. The molecule has 0 atom stereocenters. The van der Waals surface area contributed by atoms with Gasteiger partial charge in [0.15, 0.2) is 0 Å². The maximum Gasteiger partial charge on any atom is 0.271 e. The van der Waals surface area contributed by atoms with Gasteiger partial charge in [0.2, 0.25) is 11.8 Å². The zero-order chi connectivity index (χ0) is 14.9. The molecule has 0 bridgehead atoms. The van der Waals surface area contributed by atoms with E-state index in [9.17, 15) is 24.5 Å². The zero-order valence-electron chi connectivity index (χ0n) is 9.96. The summed E-state index contributed by atoms with van der Waals surface area (Å²) in [7, 11) is 0. The normalized spacial score (nSPS) is 14.9. The molecular formula is C11H8BrN3O5. The summed E-state index contributed by atoms with van der Waals surface area (Å²) in [6.07, 6.45) is 0. The molecule has 1 aliphatic heterocycles. The van der Waals surface area contributed by atoms with E-state index in [-0.39, 0.29) is 24.3 Å². The third kappa shape index (κ3) is 2.99. The molecule has 9 heteroatoms. The number of piperazine rings is 1. The van der Waals surface area contributed by atoms with Crippen LogP contribution in [0.25, 0.3) is 0 Å². The van der Waals surface area contributed by atoms with Crippen LogP contribution in [-0.4, -0.2) is 40.6 Å². The minimum absolute atomic E-state index is 0.0357. The van der Waals surface area contributed by atoms with E-state index in [0.717, 1.165) is 11.0 Å². The summed E-state index contributed by atoms with van der Waals surface area (Å²) < 4.78 is 0.364. The van der Waals surface area contributed by atoms with Crippen molar-refractivity contribution >= 4 is 39.3 Å². The highest BCUT2D eigenvalue weighted by atomic mass is 79.9. The molecule has 0 radical (unpaired) electrons. The van der Waals surface area contributed by atoms with Crippen LogP contribution in [0, 0.1) is 10.1 Å².